The largest absolute Gasteiger partial charge is 0.403 e. The van der Waals surface area contributed by atoms with Crippen LogP contribution in [-0.4, -0.2) is 26.8 Å². The van der Waals surface area contributed by atoms with Gasteiger partial charge in [-0.1, -0.05) is 72.8 Å². The molecular formula is C40H26N4O8S2. The van der Waals surface area contributed by atoms with Crippen LogP contribution in [0.4, 0.5) is 11.4 Å². The van der Waals surface area contributed by atoms with E-state index in [1.807, 2.05) is 0 Å². The lowest BCUT2D eigenvalue weighted by Crippen LogP contribution is -2.14. The molecule has 2 heterocycles. The Kier molecular flexibility index (Phi) is 8.60. The highest BCUT2D eigenvalue weighted by Gasteiger charge is 2.21. The summed E-state index contributed by atoms with van der Waals surface area (Å²) >= 11 is 0. The summed E-state index contributed by atoms with van der Waals surface area (Å²) in [6.45, 7) is 0. The van der Waals surface area contributed by atoms with Crippen LogP contribution in [0.1, 0.15) is 0 Å². The molecule has 0 aliphatic carbocycles. The number of fused-ring (bicyclic) bond motifs is 2. The average molecular weight is 755 g/mol. The molecule has 0 radical (unpaired) electrons. The first-order chi connectivity index (χ1) is 26.1. The lowest BCUT2D eigenvalue weighted by Gasteiger charge is -2.13. The first-order valence-electron chi connectivity index (χ1n) is 16.3. The second-order valence-electron chi connectivity index (χ2n) is 12.0. The number of hydrogen-bond donors (Lipinski definition) is 2. The lowest BCUT2D eigenvalue weighted by molar-refractivity contribution is 0.518. The Labute approximate surface area is 307 Å². The minimum Gasteiger partial charge on any atom is -0.403 e. The van der Waals surface area contributed by atoms with E-state index in [1.54, 1.807) is 121 Å². The summed E-state index contributed by atoms with van der Waals surface area (Å²) in [4.78, 5) is 34.0. The highest BCUT2D eigenvalue weighted by atomic mass is 32.2. The Morgan fingerprint density at radius 1 is 0.426 bits per heavy atom. The first-order valence-corrected chi connectivity index (χ1v) is 19.3. The van der Waals surface area contributed by atoms with Gasteiger partial charge in [-0.15, -0.1) is 0 Å². The van der Waals surface area contributed by atoms with Gasteiger partial charge in [-0.3, -0.25) is 9.44 Å². The predicted molar refractivity (Wildman–Crippen MR) is 205 cm³/mol. The summed E-state index contributed by atoms with van der Waals surface area (Å²) in [7, 11) is -8.20. The van der Waals surface area contributed by atoms with E-state index in [9.17, 15) is 26.4 Å². The highest BCUT2D eigenvalue weighted by Crippen LogP contribution is 2.32. The summed E-state index contributed by atoms with van der Waals surface area (Å²) in [5.41, 5.74) is 1.80. The van der Waals surface area contributed by atoms with E-state index in [2.05, 4.69) is 19.4 Å². The minimum absolute atomic E-state index is 0.0345. The van der Waals surface area contributed by atoms with Gasteiger partial charge in [0.25, 0.3) is 20.0 Å². The molecule has 8 aromatic rings. The molecule has 0 saturated heterocycles. The normalized spacial score (nSPS) is 11.8. The maximum atomic E-state index is 13.5. The summed E-state index contributed by atoms with van der Waals surface area (Å²) < 4.78 is 70.0. The third kappa shape index (κ3) is 6.62. The van der Waals surface area contributed by atoms with Gasteiger partial charge in [0.05, 0.1) is 54.1 Å². The van der Waals surface area contributed by atoms with Crippen LogP contribution in [-0.2, 0) is 20.0 Å². The quantitative estimate of drug-likeness (QED) is 0.152. The standard InChI is InChI=1S/C40H26N4O8S2/c45-39-31-11-3-5-13-33(31)41-37(51-39)29-9-1-7-15-35(29)43-53(47,48)27-21-17-25(18-22-27)26-19-23-28(24-20-26)54(49,50)44-36-16-8-2-10-30(36)38-42-34-14-6-4-12-32(34)40(46)52-38/h1-24,43-44H. The van der Waals surface area contributed by atoms with E-state index in [4.69, 9.17) is 8.83 Å². The monoisotopic (exact) mass is 754 g/mol. The Morgan fingerprint density at radius 2 is 0.778 bits per heavy atom. The van der Waals surface area contributed by atoms with Crippen molar-refractivity contribution < 1.29 is 25.7 Å². The fraction of sp³-hybridized carbons (Fsp3) is 0. The van der Waals surface area contributed by atoms with Crippen molar-refractivity contribution in [3.05, 3.63) is 166 Å². The van der Waals surface area contributed by atoms with Gasteiger partial charge in [0, 0.05) is 0 Å². The van der Waals surface area contributed by atoms with E-state index < -0.39 is 31.3 Å². The number of anilines is 2. The molecule has 14 heteroatoms. The molecule has 0 saturated carbocycles. The van der Waals surface area contributed by atoms with Crippen LogP contribution in [0, 0.1) is 0 Å². The molecular weight excluding hydrogens is 729 g/mol. The number of hydrogen-bond acceptors (Lipinski definition) is 10. The van der Waals surface area contributed by atoms with Gasteiger partial charge in [0.15, 0.2) is 0 Å². The molecule has 12 nitrogen and oxygen atoms in total. The molecule has 0 amide bonds. The summed E-state index contributed by atoms with van der Waals surface area (Å²) in [5.74, 6) is -0.0694. The number of benzene rings is 6. The molecule has 8 rings (SSSR count). The molecule has 0 aliphatic rings. The van der Waals surface area contributed by atoms with Crippen molar-refractivity contribution in [2.45, 2.75) is 9.79 Å². The van der Waals surface area contributed by atoms with Crippen LogP contribution >= 0.6 is 0 Å². The number of nitrogens with zero attached hydrogens (tertiary/aromatic N) is 2. The summed E-state index contributed by atoms with van der Waals surface area (Å²) in [6.07, 6.45) is 0. The van der Waals surface area contributed by atoms with Crippen molar-refractivity contribution in [2.24, 2.45) is 0 Å². The van der Waals surface area contributed by atoms with Crippen LogP contribution in [0.2, 0.25) is 0 Å². The smallest absolute Gasteiger partial charge is 0.347 e. The van der Waals surface area contributed by atoms with Crippen LogP contribution in [0.25, 0.3) is 55.8 Å². The Balaban J connectivity index is 1.01. The molecule has 0 unspecified atom stereocenters. The summed E-state index contributed by atoms with van der Waals surface area (Å²) in [6, 6.07) is 38.4. The third-order valence-electron chi connectivity index (χ3n) is 8.54. The number of para-hydroxylation sites is 4. The number of aromatic nitrogens is 2. The molecule has 0 fully saturated rings. The zero-order valence-electron chi connectivity index (χ0n) is 27.8. The van der Waals surface area contributed by atoms with Gasteiger partial charge in [-0.05, 0) is 83.9 Å². The second-order valence-corrected chi connectivity index (χ2v) is 15.4. The molecule has 0 bridgehead atoms. The van der Waals surface area contributed by atoms with E-state index in [0.717, 1.165) is 0 Å². The van der Waals surface area contributed by atoms with Crippen molar-refractivity contribution in [1.29, 1.82) is 0 Å². The maximum Gasteiger partial charge on any atom is 0.347 e. The molecule has 0 spiro atoms. The van der Waals surface area contributed by atoms with Gasteiger partial charge in [-0.25, -0.2) is 36.4 Å². The minimum atomic E-state index is -4.10. The maximum absolute atomic E-state index is 13.5. The zero-order chi connectivity index (χ0) is 37.5. The van der Waals surface area contributed by atoms with Crippen LogP contribution in [0.3, 0.4) is 0 Å². The Hall–Kier alpha value is -6.90. The van der Waals surface area contributed by atoms with Crippen molar-refractivity contribution in [1.82, 2.24) is 9.97 Å². The fourth-order valence-electron chi connectivity index (χ4n) is 5.85. The van der Waals surface area contributed by atoms with Crippen LogP contribution < -0.4 is 20.7 Å². The SMILES string of the molecule is O=c1oc(-c2ccccc2NS(=O)(=O)c2ccc(-c3ccc(S(=O)(=O)Nc4ccccc4-c4nc5ccccc5c(=O)o4)cc3)cc2)nc2ccccc12. The van der Waals surface area contributed by atoms with Crippen molar-refractivity contribution in [3.8, 4) is 34.0 Å². The Bertz CT molecular complexity index is 2860. The summed E-state index contributed by atoms with van der Waals surface area (Å²) in [5, 5.41) is 0.613. The molecule has 6 aromatic carbocycles. The van der Waals surface area contributed by atoms with Crippen LogP contribution in [0.5, 0.6) is 0 Å². The van der Waals surface area contributed by atoms with Crippen molar-refractivity contribution in [2.75, 3.05) is 9.44 Å². The van der Waals surface area contributed by atoms with E-state index in [1.165, 1.54) is 24.3 Å². The van der Waals surface area contributed by atoms with Gasteiger partial charge < -0.3 is 8.83 Å². The number of sulfonamides is 2. The van der Waals surface area contributed by atoms with E-state index in [-0.39, 0.29) is 44.1 Å². The number of nitrogens with one attached hydrogen (secondary N) is 2. The molecule has 2 aromatic heterocycles. The Morgan fingerprint density at radius 3 is 1.19 bits per heavy atom. The molecule has 2 N–H and O–H groups in total. The zero-order valence-corrected chi connectivity index (χ0v) is 29.5. The fourth-order valence-corrected chi connectivity index (χ4v) is 8.01. The predicted octanol–water partition coefficient (Wildman–Crippen LogP) is 7.29. The molecule has 0 atom stereocenters. The van der Waals surface area contributed by atoms with Crippen LogP contribution in [0.15, 0.2) is 174 Å². The molecule has 54 heavy (non-hydrogen) atoms. The second kappa shape index (κ2) is 13.6. The van der Waals surface area contributed by atoms with E-state index in [0.29, 0.717) is 32.9 Å². The van der Waals surface area contributed by atoms with Gasteiger partial charge >= 0.3 is 11.3 Å². The first kappa shape index (κ1) is 34.2. The van der Waals surface area contributed by atoms with E-state index >= 15 is 0 Å². The third-order valence-corrected chi connectivity index (χ3v) is 11.3. The van der Waals surface area contributed by atoms with Gasteiger partial charge in [0.1, 0.15) is 0 Å². The molecule has 266 valence electrons. The van der Waals surface area contributed by atoms with Gasteiger partial charge in [-0.2, -0.15) is 0 Å². The lowest BCUT2D eigenvalue weighted by atomic mass is 10.1. The topological polar surface area (TPSA) is 179 Å². The number of rotatable bonds is 9. The average Bonchev–Trinajstić information content (AvgIpc) is 3.18. The van der Waals surface area contributed by atoms with Gasteiger partial charge in [0.2, 0.25) is 11.8 Å². The van der Waals surface area contributed by atoms with Crippen molar-refractivity contribution >= 4 is 53.2 Å². The van der Waals surface area contributed by atoms with Crippen molar-refractivity contribution in [3.63, 3.8) is 0 Å². The molecule has 0 aliphatic heterocycles. The highest BCUT2D eigenvalue weighted by molar-refractivity contribution is 7.93.